The van der Waals surface area contributed by atoms with Crippen LogP contribution < -0.4 is 4.74 Å². The van der Waals surface area contributed by atoms with Crippen molar-refractivity contribution in [3.8, 4) is 11.5 Å². The van der Waals surface area contributed by atoms with Crippen molar-refractivity contribution < 1.29 is 24.5 Å². The molecule has 0 saturated carbocycles. The van der Waals surface area contributed by atoms with E-state index in [2.05, 4.69) is 0 Å². The zero-order valence-corrected chi connectivity index (χ0v) is 11.4. The number of carboxylic acid groups (broad SMARTS) is 1. The number of benzene rings is 1. The van der Waals surface area contributed by atoms with E-state index in [0.29, 0.717) is 24.4 Å². The molecule has 108 valence electrons. The van der Waals surface area contributed by atoms with Gasteiger partial charge in [-0.15, -0.1) is 0 Å². The van der Waals surface area contributed by atoms with Crippen molar-refractivity contribution >= 4 is 11.9 Å². The number of nitrogens with zero attached hydrogens (tertiary/aromatic N) is 1. The van der Waals surface area contributed by atoms with Crippen molar-refractivity contribution in [2.75, 3.05) is 20.2 Å². The van der Waals surface area contributed by atoms with Crippen molar-refractivity contribution in [3.05, 3.63) is 23.8 Å². The van der Waals surface area contributed by atoms with Crippen LogP contribution in [0, 0.1) is 11.8 Å². The van der Waals surface area contributed by atoms with E-state index < -0.39 is 11.9 Å². The first-order chi connectivity index (χ1) is 9.43. The van der Waals surface area contributed by atoms with Crippen molar-refractivity contribution in [1.29, 1.82) is 0 Å². The maximum atomic E-state index is 12.1. The number of phenolic OH excluding ortho intramolecular Hbond substituents is 1. The average molecular weight is 279 g/mol. The number of aliphatic carboxylic acids is 1. The van der Waals surface area contributed by atoms with Gasteiger partial charge in [0.15, 0.2) is 11.5 Å². The molecule has 1 aliphatic heterocycles. The molecule has 1 fully saturated rings. The molecular formula is C14H17NO5. The van der Waals surface area contributed by atoms with Crippen molar-refractivity contribution in [3.63, 3.8) is 0 Å². The highest BCUT2D eigenvalue weighted by atomic mass is 16.5. The molecule has 1 unspecified atom stereocenters. The van der Waals surface area contributed by atoms with Gasteiger partial charge in [0.05, 0.1) is 13.0 Å². The molecule has 1 saturated heterocycles. The summed E-state index contributed by atoms with van der Waals surface area (Å²) < 4.78 is 4.92. The van der Waals surface area contributed by atoms with Gasteiger partial charge in [0.1, 0.15) is 0 Å². The molecule has 6 heteroatoms. The summed E-state index contributed by atoms with van der Waals surface area (Å²) in [5.74, 6) is -1.30. The maximum Gasteiger partial charge on any atom is 0.306 e. The molecule has 0 aliphatic carbocycles. The molecule has 0 aromatic heterocycles. The number of hydrogen-bond acceptors (Lipinski definition) is 4. The summed E-state index contributed by atoms with van der Waals surface area (Å²) in [6.45, 7) is 2.51. The standard InChI is InChI=1S/C14H17NO5/c1-8(14(18)19)10-6-15(7-10)13(17)9-3-4-12(20-2)11(16)5-9/h3-5,8,10,16H,6-7H2,1-2H3,(H,18,19). The molecule has 6 nitrogen and oxygen atoms in total. The summed E-state index contributed by atoms with van der Waals surface area (Å²) in [6.07, 6.45) is 0. The first-order valence-electron chi connectivity index (χ1n) is 6.33. The van der Waals surface area contributed by atoms with Gasteiger partial charge in [-0.05, 0) is 18.2 Å². The second kappa shape index (κ2) is 5.40. The van der Waals surface area contributed by atoms with Crippen LogP contribution in [0.25, 0.3) is 0 Å². The first kappa shape index (κ1) is 14.2. The molecule has 20 heavy (non-hydrogen) atoms. The topological polar surface area (TPSA) is 87.1 Å². The molecule has 0 radical (unpaired) electrons. The lowest BCUT2D eigenvalue weighted by molar-refractivity contribution is -0.144. The molecule has 1 amide bonds. The van der Waals surface area contributed by atoms with E-state index in [9.17, 15) is 14.7 Å². The monoisotopic (exact) mass is 279 g/mol. The number of likely N-dealkylation sites (tertiary alicyclic amines) is 1. The summed E-state index contributed by atoms with van der Waals surface area (Å²) in [4.78, 5) is 24.6. The fourth-order valence-electron chi connectivity index (χ4n) is 2.20. The quantitative estimate of drug-likeness (QED) is 0.864. The Bertz CT molecular complexity index is 536. The summed E-state index contributed by atoms with van der Waals surface area (Å²) in [6, 6.07) is 4.46. The zero-order chi connectivity index (χ0) is 14.9. The van der Waals surface area contributed by atoms with Gasteiger partial charge < -0.3 is 19.8 Å². The number of ether oxygens (including phenoxy) is 1. The highest BCUT2D eigenvalue weighted by Crippen LogP contribution is 2.29. The van der Waals surface area contributed by atoms with Gasteiger partial charge in [0.25, 0.3) is 5.91 Å². The summed E-state index contributed by atoms with van der Waals surface area (Å²) in [7, 11) is 1.43. The minimum absolute atomic E-state index is 0.0108. The Morgan fingerprint density at radius 2 is 2.05 bits per heavy atom. The van der Waals surface area contributed by atoms with Gasteiger partial charge in [-0.2, -0.15) is 0 Å². The second-order valence-electron chi connectivity index (χ2n) is 4.98. The van der Waals surface area contributed by atoms with E-state index in [4.69, 9.17) is 9.84 Å². The van der Waals surface area contributed by atoms with Crippen LogP contribution in [0.2, 0.25) is 0 Å². The van der Waals surface area contributed by atoms with Crippen LogP contribution >= 0.6 is 0 Å². The maximum absolute atomic E-state index is 12.1. The minimum Gasteiger partial charge on any atom is -0.504 e. The molecule has 1 aliphatic rings. The smallest absolute Gasteiger partial charge is 0.306 e. The van der Waals surface area contributed by atoms with Gasteiger partial charge in [0, 0.05) is 24.6 Å². The molecule has 1 aromatic carbocycles. The van der Waals surface area contributed by atoms with Gasteiger partial charge in [0.2, 0.25) is 0 Å². The summed E-state index contributed by atoms with van der Waals surface area (Å²) in [5, 5.41) is 18.6. The predicted molar refractivity (Wildman–Crippen MR) is 70.9 cm³/mol. The largest absolute Gasteiger partial charge is 0.504 e. The van der Waals surface area contributed by atoms with Crippen molar-refractivity contribution in [1.82, 2.24) is 4.90 Å². The number of hydrogen-bond donors (Lipinski definition) is 2. The van der Waals surface area contributed by atoms with E-state index in [1.54, 1.807) is 17.9 Å². The fourth-order valence-corrected chi connectivity index (χ4v) is 2.20. The number of phenols is 1. The number of amides is 1. The van der Waals surface area contributed by atoms with Crippen LogP contribution in [0.3, 0.4) is 0 Å². The van der Waals surface area contributed by atoms with E-state index in [1.165, 1.54) is 19.2 Å². The van der Waals surface area contributed by atoms with Crippen molar-refractivity contribution in [2.45, 2.75) is 6.92 Å². The number of carbonyl (C=O) groups excluding carboxylic acids is 1. The molecule has 2 N–H and O–H groups in total. The number of aromatic hydroxyl groups is 1. The van der Waals surface area contributed by atoms with Crippen LogP contribution in [-0.2, 0) is 4.79 Å². The van der Waals surface area contributed by atoms with Crippen molar-refractivity contribution in [2.24, 2.45) is 11.8 Å². The Hall–Kier alpha value is -2.24. The predicted octanol–water partition coefficient (Wildman–Crippen LogP) is 1.19. The Kier molecular flexibility index (Phi) is 3.83. The number of methoxy groups -OCH3 is 1. The number of rotatable bonds is 4. The highest BCUT2D eigenvalue weighted by Gasteiger charge is 2.37. The molecule has 1 heterocycles. The van der Waals surface area contributed by atoms with E-state index in [1.807, 2.05) is 0 Å². The van der Waals surface area contributed by atoms with E-state index >= 15 is 0 Å². The number of carbonyl (C=O) groups is 2. The Labute approximate surface area is 116 Å². The lowest BCUT2D eigenvalue weighted by Gasteiger charge is -2.41. The third-order valence-corrected chi connectivity index (χ3v) is 3.72. The highest BCUT2D eigenvalue weighted by molar-refractivity contribution is 5.95. The normalized spacial score (nSPS) is 16.4. The minimum atomic E-state index is -0.843. The van der Waals surface area contributed by atoms with Gasteiger partial charge >= 0.3 is 5.97 Å². The third kappa shape index (κ3) is 2.54. The molecule has 1 atom stereocenters. The lowest BCUT2D eigenvalue weighted by atomic mass is 9.86. The molecule has 1 aromatic rings. The summed E-state index contributed by atoms with van der Waals surface area (Å²) in [5.41, 5.74) is 0.365. The number of carboxylic acids is 1. The fraction of sp³-hybridized carbons (Fsp3) is 0.429. The van der Waals surface area contributed by atoms with Crippen LogP contribution in [0.5, 0.6) is 11.5 Å². The SMILES string of the molecule is COc1ccc(C(=O)N2CC(C(C)C(=O)O)C2)cc1O. The molecule has 2 rings (SSSR count). The molecule has 0 spiro atoms. The Morgan fingerprint density at radius 1 is 1.40 bits per heavy atom. The Morgan fingerprint density at radius 3 is 2.55 bits per heavy atom. The first-order valence-corrected chi connectivity index (χ1v) is 6.33. The summed E-state index contributed by atoms with van der Waals surface area (Å²) >= 11 is 0. The van der Waals surface area contributed by atoms with Crippen LogP contribution in [0.1, 0.15) is 17.3 Å². The third-order valence-electron chi connectivity index (χ3n) is 3.72. The Balaban J connectivity index is 2.00. The van der Waals surface area contributed by atoms with E-state index in [-0.39, 0.29) is 17.6 Å². The van der Waals surface area contributed by atoms with Crippen LogP contribution in [0.4, 0.5) is 0 Å². The van der Waals surface area contributed by atoms with Gasteiger partial charge in [-0.1, -0.05) is 6.92 Å². The molecular weight excluding hydrogens is 262 g/mol. The van der Waals surface area contributed by atoms with Crippen LogP contribution in [0.15, 0.2) is 18.2 Å². The zero-order valence-electron chi connectivity index (χ0n) is 11.4. The average Bonchev–Trinajstić information content (AvgIpc) is 2.36. The lowest BCUT2D eigenvalue weighted by Crippen LogP contribution is -2.53. The van der Waals surface area contributed by atoms with Gasteiger partial charge in [-0.3, -0.25) is 9.59 Å². The van der Waals surface area contributed by atoms with Crippen LogP contribution in [-0.4, -0.2) is 47.2 Å². The molecule has 0 bridgehead atoms. The van der Waals surface area contributed by atoms with Gasteiger partial charge in [-0.25, -0.2) is 0 Å². The second-order valence-corrected chi connectivity index (χ2v) is 4.98. The van der Waals surface area contributed by atoms with E-state index in [0.717, 1.165) is 0 Å².